The summed E-state index contributed by atoms with van der Waals surface area (Å²) in [6.45, 7) is 5.18. The Labute approximate surface area is 140 Å². The minimum Gasteiger partial charge on any atom is -0.481 e. The molecular weight excluding hydrogens is 315 g/mol. The quantitative estimate of drug-likeness (QED) is 0.892. The Morgan fingerprint density at radius 3 is 2.79 bits per heavy atom. The molecule has 3 rings (SSSR count). The van der Waals surface area contributed by atoms with Crippen LogP contribution in [0.2, 0.25) is 0 Å². The standard InChI is InChI=1S/C16H23FN4O3/c1-2-16(14(22)23)4-3-5-21(11-16)15-18-10-12(17)13(19-15)20-6-8-24-9-7-20/h10H,2-9,11H2,1H3,(H,22,23). The van der Waals surface area contributed by atoms with Crippen molar-refractivity contribution in [2.24, 2.45) is 5.41 Å². The molecule has 1 unspecified atom stereocenters. The highest BCUT2D eigenvalue weighted by atomic mass is 19.1. The molecule has 1 aromatic rings. The largest absolute Gasteiger partial charge is 0.481 e. The first-order valence-electron chi connectivity index (χ1n) is 8.39. The van der Waals surface area contributed by atoms with Crippen molar-refractivity contribution >= 4 is 17.7 Å². The van der Waals surface area contributed by atoms with Crippen LogP contribution in [-0.4, -0.2) is 60.4 Å². The third-order valence-corrected chi connectivity index (χ3v) is 5.01. The molecule has 1 N–H and O–H groups in total. The van der Waals surface area contributed by atoms with Crippen molar-refractivity contribution in [1.29, 1.82) is 0 Å². The summed E-state index contributed by atoms with van der Waals surface area (Å²) < 4.78 is 19.4. The predicted molar refractivity (Wildman–Crippen MR) is 86.8 cm³/mol. The zero-order valence-electron chi connectivity index (χ0n) is 13.9. The number of nitrogens with zero attached hydrogens (tertiary/aromatic N) is 4. The van der Waals surface area contributed by atoms with Crippen molar-refractivity contribution in [2.75, 3.05) is 49.2 Å². The number of aromatic nitrogens is 2. The summed E-state index contributed by atoms with van der Waals surface area (Å²) in [5.74, 6) is -0.578. The van der Waals surface area contributed by atoms with Gasteiger partial charge >= 0.3 is 5.97 Å². The van der Waals surface area contributed by atoms with Gasteiger partial charge in [0.1, 0.15) is 0 Å². The first kappa shape index (κ1) is 16.9. The molecule has 2 aliphatic rings. The maximum atomic E-state index is 14.1. The minimum absolute atomic E-state index is 0.270. The van der Waals surface area contributed by atoms with Gasteiger partial charge in [-0.1, -0.05) is 6.92 Å². The van der Waals surface area contributed by atoms with Crippen molar-refractivity contribution in [2.45, 2.75) is 26.2 Å². The van der Waals surface area contributed by atoms with Gasteiger partial charge in [-0.15, -0.1) is 0 Å². The summed E-state index contributed by atoms with van der Waals surface area (Å²) >= 11 is 0. The van der Waals surface area contributed by atoms with Gasteiger partial charge in [0.25, 0.3) is 0 Å². The molecule has 0 saturated carbocycles. The fraction of sp³-hybridized carbons (Fsp3) is 0.688. The summed E-state index contributed by atoms with van der Waals surface area (Å²) in [4.78, 5) is 23.9. The van der Waals surface area contributed by atoms with E-state index in [2.05, 4.69) is 9.97 Å². The third-order valence-electron chi connectivity index (χ3n) is 5.01. The molecule has 0 spiro atoms. The van der Waals surface area contributed by atoms with E-state index in [4.69, 9.17) is 4.74 Å². The highest BCUT2D eigenvalue weighted by Crippen LogP contribution is 2.35. The van der Waals surface area contributed by atoms with E-state index in [1.54, 1.807) is 0 Å². The zero-order valence-corrected chi connectivity index (χ0v) is 13.9. The Morgan fingerprint density at radius 1 is 1.38 bits per heavy atom. The Bertz CT molecular complexity index is 609. The van der Waals surface area contributed by atoms with Crippen LogP contribution in [0.3, 0.4) is 0 Å². The molecule has 0 bridgehead atoms. The average molecular weight is 338 g/mol. The van der Waals surface area contributed by atoms with E-state index in [-0.39, 0.29) is 5.82 Å². The van der Waals surface area contributed by atoms with Crippen molar-refractivity contribution in [1.82, 2.24) is 9.97 Å². The number of anilines is 2. The van der Waals surface area contributed by atoms with Gasteiger partial charge in [-0.25, -0.2) is 9.37 Å². The zero-order chi connectivity index (χ0) is 17.2. The number of aliphatic carboxylic acids is 1. The molecule has 0 radical (unpaired) electrons. The fourth-order valence-corrected chi connectivity index (χ4v) is 3.42. The number of morpholine rings is 1. The normalized spacial score (nSPS) is 24.9. The van der Waals surface area contributed by atoms with Crippen molar-refractivity contribution in [3.05, 3.63) is 12.0 Å². The van der Waals surface area contributed by atoms with Crippen LogP contribution >= 0.6 is 0 Å². The average Bonchev–Trinajstić information content (AvgIpc) is 2.62. The molecule has 0 aromatic carbocycles. The first-order valence-corrected chi connectivity index (χ1v) is 8.39. The lowest BCUT2D eigenvalue weighted by molar-refractivity contribution is -0.149. The summed E-state index contributed by atoms with van der Waals surface area (Å²) in [5.41, 5.74) is -0.783. The summed E-state index contributed by atoms with van der Waals surface area (Å²) in [5, 5.41) is 9.61. The second kappa shape index (κ2) is 6.88. The van der Waals surface area contributed by atoms with Gasteiger partial charge in [0.05, 0.1) is 24.8 Å². The van der Waals surface area contributed by atoms with E-state index < -0.39 is 17.2 Å². The van der Waals surface area contributed by atoms with Crippen LogP contribution in [0.5, 0.6) is 0 Å². The van der Waals surface area contributed by atoms with E-state index in [1.807, 2.05) is 16.7 Å². The van der Waals surface area contributed by atoms with E-state index in [0.717, 1.165) is 6.42 Å². The Kier molecular flexibility index (Phi) is 4.84. The van der Waals surface area contributed by atoms with E-state index in [9.17, 15) is 14.3 Å². The van der Waals surface area contributed by atoms with Gasteiger partial charge in [-0.3, -0.25) is 4.79 Å². The van der Waals surface area contributed by atoms with Gasteiger partial charge < -0.3 is 19.6 Å². The number of hydrogen-bond donors (Lipinski definition) is 1. The van der Waals surface area contributed by atoms with Gasteiger partial charge in [0.15, 0.2) is 11.6 Å². The lowest BCUT2D eigenvalue weighted by atomic mass is 9.78. The molecule has 0 aliphatic carbocycles. The number of ether oxygens (including phenoxy) is 1. The van der Waals surface area contributed by atoms with Gasteiger partial charge in [-0.2, -0.15) is 4.98 Å². The highest BCUT2D eigenvalue weighted by molar-refractivity contribution is 5.75. The third kappa shape index (κ3) is 3.15. The highest BCUT2D eigenvalue weighted by Gasteiger charge is 2.41. The number of hydrogen-bond acceptors (Lipinski definition) is 6. The number of piperidine rings is 1. The SMILES string of the molecule is CCC1(C(=O)O)CCCN(c2ncc(F)c(N3CCOCC3)n2)C1. The number of rotatable bonds is 4. The lowest BCUT2D eigenvalue weighted by Crippen LogP contribution is -2.48. The minimum atomic E-state index is -0.787. The predicted octanol–water partition coefficient (Wildman–Crippen LogP) is 1.53. The Morgan fingerprint density at radius 2 is 2.12 bits per heavy atom. The van der Waals surface area contributed by atoms with Crippen molar-refractivity contribution < 1.29 is 19.0 Å². The molecule has 2 fully saturated rings. The summed E-state index contributed by atoms with van der Waals surface area (Å²) in [7, 11) is 0. The molecule has 3 heterocycles. The number of carboxylic acid groups (broad SMARTS) is 1. The van der Waals surface area contributed by atoms with E-state index in [1.165, 1.54) is 6.20 Å². The second-order valence-electron chi connectivity index (χ2n) is 6.41. The fourth-order valence-electron chi connectivity index (χ4n) is 3.42. The van der Waals surface area contributed by atoms with E-state index >= 15 is 0 Å². The molecular formula is C16H23FN4O3. The first-order chi connectivity index (χ1) is 11.6. The Balaban J connectivity index is 1.85. The molecule has 7 nitrogen and oxygen atoms in total. The van der Waals surface area contributed by atoms with Crippen LogP contribution in [0, 0.1) is 11.2 Å². The number of carbonyl (C=O) groups is 1. The smallest absolute Gasteiger partial charge is 0.311 e. The molecule has 132 valence electrons. The monoisotopic (exact) mass is 338 g/mol. The topological polar surface area (TPSA) is 78.8 Å². The molecule has 2 saturated heterocycles. The lowest BCUT2D eigenvalue weighted by Gasteiger charge is -2.39. The summed E-state index contributed by atoms with van der Waals surface area (Å²) in [6.07, 6.45) is 3.13. The van der Waals surface area contributed by atoms with Gasteiger partial charge in [0.2, 0.25) is 5.95 Å². The maximum Gasteiger partial charge on any atom is 0.311 e. The molecule has 2 aliphatic heterocycles. The Hall–Kier alpha value is -1.96. The van der Waals surface area contributed by atoms with Crippen molar-refractivity contribution in [3.8, 4) is 0 Å². The number of halogens is 1. The van der Waals surface area contributed by atoms with Crippen LogP contribution in [0.15, 0.2) is 6.20 Å². The van der Waals surface area contributed by atoms with Crippen LogP contribution in [0.25, 0.3) is 0 Å². The molecule has 1 atom stereocenters. The number of carboxylic acids is 1. The van der Waals surface area contributed by atoms with Crippen molar-refractivity contribution in [3.63, 3.8) is 0 Å². The van der Waals surface area contributed by atoms with Gasteiger partial charge in [0, 0.05) is 26.2 Å². The summed E-state index contributed by atoms with van der Waals surface area (Å²) in [6, 6.07) is 0. The van der Waals surface area contributed by atoms with Crippen LogP contribution in [0.4, 0.5) is 16.2 Å². The maximum absolute atomic E-state index is 14.1. The molecule has 8 heteroatoms. The molecule has 0 amide bonds. The second-order valence-corrected chi connectivity index (χ2v) is 6.41. The van der Waals surface area contributed by atoms with Crippen LogP contribution < -0.4 is 9.80 Å². The van der Waals surface area contributed by atoms with Gasteiger partial charge in [-0.05, 0) is 19.3 Å². The van der Waals surface area contributed by atoms with Crippen LogP contribution in [0.1, 0.15) is 26.2 Å². The molecule has 1 aromatic heterocycles. The van der Waals surface area contributed by atoms with Crippen LogP contribution in [-0.2, 0) is 9.53 Å². The van der Waals surface area contributed by atoms with E-state index in [0.29, 0.717) is 58.2 Å². The molecule has 24 heavy (non-hydrogen) atoms.